The molecule has 1 amide bonds. The van der Waals surface area contributed by atoms with Gasteiger partial charge in [0.05, 0.1) is 18.7 Å². The quantitative estimate of drug-likeness (QED) is 0.175. The van der Waals surface area contributed by atoms with Gasteiger partial charge in [0.1, 0.15) is 16.9 Å². The molecule has 10 fully saturated rings. The van der Waals surface area contributed by atoms with Crippen LogP contribution in [0.25, 0.3) is 0 Å². The van der Waals surface area contributed by atoms with E-state index in [-0.39, 0.29) is 17.5 Å². The zero-order valence-electron chi connectivity index (χ0n) is 78.1. The van der Waals surface area contributed by atoms with E-state index in [1.165, 1.54) is 160 Å². The Morgan fingerprint density at radius 3 is 0.981 bits per heavy atom. The standard InChI is InChI=1S/C12H24N2.C11H20N2OS.2C9H17NO.C8H17N.C7H15N.C6H13NO.C6H13NS.10C2H6/c1-11(2)14-9-5-6-12(14)10-13-7-3-4-8-13;1-9(2)13-7-8-15-11(13)10(14)12-5-3-4-6-12;2*1-7(2)10-6-4-5-9(10)8(3)11;1-8(2)9-6-4-3-5-7-9;1-7(2)8-5-3-4-6-8;1-6(2)7-4-3-5-8-7;1-6(2)7-3-4-8-5-7;10*1-2/h11-12H,3-10H2,1-2H3;9,11H,3-8H2,1-2H3;2*7,9H,4-6H2,1-3H3;8H,3-7H2,1-2H3;7H,3-6H2,1-2H3;2*6H,3-5H2,1-2H3;10*1-2H3/t12-;11-;2*9-;;;;;;;;;;;;;;/m0000............../s1. The zero-order valence-corrected chi connectivity index (χ0v) is 79.7. The number of hydrogen-bond donors (Lipinski definition) is 0. The van der Waals surface area contributed by atoms with E-state index in [1.54, 1.807) is 13.8 Å². The van der Waals surface area contributed by atoms with Gasteiger partial charge >= 0.3 is 0 Å². The monoisotopic (exact) mass is 1520 g/mol. The normalized spacial score (nSPS) is 21.6. The van der Waals surface area contributed by atoms with Gasteiger partial charge in [-0.05, 0) is 280 Å². The van der Waals surface area contributed by atoms with E-state index < -0.39 is 0 Å². The molecule has 10 rings (SSSR count). The van der Waals surface area contributed by atoms with Crippen LogP contribution >= 0.6 is 23.5 Å². The van der Waals surface area contributed by atoms with Crippen molar-refractivity contribution in [2.45, 2.75) is 438 Å². The van der Waals surface area contributed by atoms with Gasteiger partial charge in [-0.25, -0.2) is 0 Å². The summed E-state index contributed by atoms with van der Waals surface area (Å²) in [6.07, 6.45) is 20.9. The highest BCUT2D eigenvalue weighted by molar-refractivity contribution is 8.00. The molecule has 104 heavy (non-hydrogen) atoms. The number of nitrogens with zero attached hydrogens (tertiary/aromatic N) is 10. The molecular weight excluding hydrogens is 1330 g/mol. The summed E-state index contributed by atoms with van der Waals surface area (Å²) in [4.78, 5) is 61.6. The fraction of sp³-hybridized carbons (Fsp3) is 0.966. The Hall–Kier alpha value is -0.890. The molecule has 0 N–H and O–H groups in total. The molecule has 0 bridgehead atoms. The van der Waals surface area contributed by atoms with Crippen LogP contribution in [0.2, 0.25) is 0 Å². The number of carbonyl (C=O) groups is 3. The Bertz CT molecular complexity index is 1630. The molecule has 0 radical (unpaired) electrons. The minimum Gasteiger partial charge on any atom is -0.341 e. The number of rotatable bonds is 13. The van der Waals surface area contributed by atoms with Crippen LogP contribution in [-0.4, -0.2) is 261 Å². The average molecular weight is 1520 g/mol. The molecule has 0 aromatic carbocycles. The second-order valence-corrected chi connectivity index (χ2v) is 30.1. The fourth-order valence-corrected chi connectivity index (χ4v) is 15.9. The maximum atomic E-state index is 12.2. The number of hydrogen-bond acceptors (Lipinski definition) is 15. The van der Waals surface area contributed by atoms with Gasteiger partial charge < -0.3 is 19.6 Å². The minimum atomic E-state index is 0.100. The number of hydroxylamine groups is 2. The first-order valence-electron chi connectivity index (χ1n) is 44.8. The van der Waals surface area contributed by atoms with Crippen molar-refractivity contribution in [3.05, 3.63) is 0 Å². The summed E-state index contributed by atoms with van der Waals surface area (Å²) in [5.41, 5.74) is 0. The van der Waals surface area contributed by atoms with E-state index in [9.17, 15) is 14.4 Å². The Labute approximate surface area is 665 Å². The molecule has 0 unspecified atom stereocenters. The summed E-state index contributed by atoms with van der Waals surface area (Å²) in [5.74, 6) is 4.69. The van der Waals surface area contributed by atoms with Crippen molar-refractivity contribution in [2.24, 2.45) is 0 Å². The van der Waals surface area contributed by atoms with E-state index in [0.29, 0.717) is 41.6 Å². The third-order valence-electron chi connectivity index (χ3n) is 18.7. The molecule has 0 spiro atoms. The second-order valence-electron chi connectivity index (χ2n) is 27.8. The molecule has 10 aliphatic heterocycles. The summed E-state index contributed by atoms with van der Waals surface area (Å²) in [5, 5.41) is 2.13. The van der Waals surface area contributed by atoms with Crippen molar-refractivity contribution in [2.75, 3.05) is 122 Å². The molecule has 634 valence electrons. The summed E-state index contributed by atoms with van der Waals surface area (Å²) in [6.45, 7) is 98.2. The fourth-order valence-electron chi connectivity index (χ4n) is 13.4. The molecule has 16 heteroatoms. The molecule has 0 aromatic heterocycles. The van der Waals surface area contributed by atoms with Crippen LogP contribution < -0.4 is 0 Å². The Kier molecular flexibility index (Phi) is 94.9. The molecule has 10 saturated heterocycles. The number of carbonyl (C=O) groups excluding carboxylic acids is 3. The number of thioether (sulfide) groups is 2. The highest BCUT2D eigenvalue weighted by atomic mass is 32.2. The van der Waals surface area contributed by atoms with E-state index in [4.69, 9.17) is 4.84 Å². The van der Waals surface area contributed by atoms with Gasteiger partial charge in [-0.2, -0.15) is 5.06 Å². The smallest absolute Gasteiger partial charge is 0.250 e. The van der Waals surface area contributed by atoms with Crippen LogP contribution in [0.3, 0.4) is 0 Å². The van der Waals surface area contributed by atoms with Crippen LogP contribution in [0.15, 0.2) is 0 Å². The third kappa shape index (κ3) is 56.3. The number of amides is 1. The second kappa shape index (κ2) is 83.1. The Morgan fingerprint density at radius 1 is 0.337 bits per heavy atom. The van der Waals surface area contributed by atoms with Crippen molar-refractivity contribution >= 4 is 41.0 Å². The topological polar surface area (TPSA) is 92.8 Å². The first kappa shape index (κ1) is 119. The predicted octanol–water partition coefficient (Wildman–Crippen LogP) is 22.3. The lowest BCUT2D eigenvalue weighted by molar-refractivity contribution is -0.132. The molecule has 10 aliphatic rings. The van der Waals surface area contributed by atoms with Gasteiger partial charge in [0.2, 0.25) is 5.91 Å². The number of ketones is 2. The summed E-state index contributed by atoms with van der Waals surface area (Å²) < 4.78 is 0. The van der Waals surface area contributed by atoms with Crippen molar-refractivity contribution in [1.29, 1.82) is 0 Å². The van der Waals surface area contributed by atoms with E-state index in [0.717, 1.165) is 94.7 Å². The van der Waals surface area contributed by atoms with Crippen LogP contribution in [0.4, 0.5) is 0 Å². The first-order chi connectivity index (χ1) is 49.9. The highest BCUT2D eigenvalue weighted by Gasteiger charge is 2.37. The SMILES string of the molecule is CC.CC.CC.CC.CC.CC.CC.CC.CC.CC.CC(=O)[C@@H]1CCCN1C(C)C.CC(=O)[C@@H]1CCCN1C(C)C.CC(C)N1CCCC1.CC(C)N1CCCCC1.CC(C)N1CCCO1.CC(C)N1CCC[C@H]1CN1CCCC1.CC(C)N1CCSC1.CC(C)N1CCS[C@H]1C(=O)N1CCCC1. The Balaban J connectivity index is -0.000000164. The van der Waals surface area contributed by atoms with Crippen LogP contribution in [0, 0.1) is 0 Å². The third-order valence-corrected chi connectivity index (χ3v) is 20.9. The highest BCUT2D eigenvalue weighted by Crippen LogP contribution is 2.29. The van der Waals surface area contributed by atoms with Crippen molar-refractivity contribution < 1.29 is 19.2 Å². The van der Waals surface area contributed by atoms with Crippen molar-refractivity contribution in [1.82, 2.24) is 49.2 Å². The van der Waals surface area contributed by atoms with Gasteiger partial charge in [-0.3, -0.25) is 43.7 Å². The molecular formula is C88H196N10O4S2. The van der Waals surface area contributed by atoms with Gasteiger partial charge in [0, 0.05) is 111 Å². The molecule has 10 heterocycles. The molecule has 0 aromatic rings. The minimum absolute atomic E-state index is 0.100. The number of piperidine rings is 1. The maximum absolute atomic E-state index is 12.2. The van der Waals surface area contributed by atoms with Gasteiger partial charge in [0.15, 0.2) is 0 Å². The molecule has 0 saturated carbocycles. The summed E-state index contributed by atoms with van der Waals surface area (Å²) in [7, 11) is 0. The lowest BCUT2D eigenvalue weighted by Gasteiger charge is -2.31. The van der Waals surface area contributed by atoms with Gasteiger partial charge in [-0.15, -0.1) is 23.5 Å². The maximum Gasteiger partial charge on any atom is 0.250 e. The van der Waals surface area contributed by atoms with Crippen LogP contribution in [0.1, 0.15) is 366 Å². The van der Waals surface area contributed by atoms with Gasteiger partial charge in [0.25, 0.3) is 0 Å². The predicted molar refractivity (Wildman–Crippen MR) is 477 cm³/mol. The largest absolute Gasteiger partial charge is 0.341 e. The van der Waals surface area contributed by atoms with Crippen molar-refractivity contribution in [3.63, 3.8) is 0 Å². The number of Topliss-reactive ketones (excluding diaryl/α,β-unsaturated/α-hetero) is 2. The number of likely N-dealkylation sites (tertiary alicyclic amines) is 7. The van der Waals surface area contributed by atoms with E-state index in [2.05, 4.69) is 150 Å². The van der Waals surface area contributed by atoms with Crippen LogP contribution in [-0.2, 0) is 19.2 Å². The van der Waals surface area contributed by atoms with Gasteiger partial charge in [-0.1, -0.05) is 145 Å². The van der Waals surface area contributed by atoms with E-state index >= 15 is 0 Å². The summed E-state index contributed by atoms with van der Waals surface area (Å²) >= 11 is 3.84. The zero-order chi connectivity index (χ0) is 82.3. The average Bonchev–Trinajstić information content (AvgIpc) is 1.76. The van der Waals surface area contributed by atoms with Crippen molar-refractivity contribution in [3.8, 4) is 0 Å². The molecule has 0 aliphatic carbocycles. The Morgan fingerprint density at radius 2 is 0.692 bits per heavy atom. The van der Waals surface area contributed by atoms with E-state index in [1.807, 2.05) is 172 Å². The lowest BCUT2D eigenvalue weighted by Crippen LogP contribution is -2.45. The lowest BCUT2D eigenvalue weighted by atomic mass is 10.1. The summed E-state index contributed by atoms with van der Waals surface area (Å²) in [6, 6.07) is 6.41. The molecule has 4 atom stereocenters. The van der Waals surface area contributed by atoms with Crippen LogP contribution in [0.5, 0.6) is 0 Å². The molecule has 14 nitrogen and oxygen atoms in total. The first-order valence-corrected chi connectivity index (χ1v) is 47.0.